The highest BCUT2D eigenvalue weighted by Crippen LogP contribution is 2.53. The minimum atomic E-state index is -0.194. The molecule has 1 saturated carbocycles. The number of hydrogen-bond donors (Lipinski definition) is 1. The van der Waals surface area contributed by atoms with Gasteiger partial charge in [-0.1, -0.05) is 44.2 Å². The summed E-state index contributed by atoms with van der Waals surface area (Å²) in [5, 5.41) is 3.08. The van der Waals surface area contributed by atoms with Crippen LogP contribution in [-0.4, -0.2) is 91.4 Å². The smallest absolute Gasteiger partial charge is 0.318 e. The second-order valence-corrected chi connectivity index (χ2v) is 9.54. The monoisotopic (exact) mass is 434 g/mol. The maximum absolute atomic E-state index is 11.9. The molecule has 1 aromatic carbocycles. The molecule has 2 heterocycles. The summed E-state index contributed by atoms with van der Waals surface area (Å²) in [6.45, 7) is 7.36. The summed E-state index contributed by atoms with van der Waals surface area (Å²) < 4.78 is 0. The van der Waals surface area contributed by atoms with Crippen molar-refractivity contribution < 1.29 is 9.59 Å². The van der Waals surface area contributed by atoms with Crippen LogP contribution in [0.4, 0.5) is 4.79 Å². The first kappa shape index (κ1) is 24.7. The zero-order valence-electron chi connectivity index (χ0n) is 19.2. The average molecular weight is 435 g/mol. The van der Waals surface area contributed by atoms with Crippen molar-refractivity contribution >= 4 is 24.1 Å². The number of thioether (sulfide) groups is 1. The predicted octanol–water partition coefficient (Wildman–Crippen LogP) is 2.89. The molecule has 2 aliphatic heterocycles. The molecule has 0 bridgehead atoms. The highest BCUT2D eigenvalue weighted by molar-refractivity contribution is 7.99. The first-order valence-electron chi connectivity index (χ1n) is 10.9. The lowest BCUT2D eigenvalue weighted by Gasteiger charge is -2.57. The number of rotatable bonds is 4. The summed E-state index contributed by atoms with van der Waals surface area (Å²) in [4.78, 5) is 28.8. The van der Waals surface area contributed by atoms with Gasteiger partial charge in [0.2, 0.25) is 0 Å². The van der Waals surface area contributed by atoms with Crippen molar-refractivity contribution in [1.82, 2.24) is 20.0 Å². The van der Waals surface area contributed by atoms with Gasteiger partial charge in [0.05, 0.1) is 17.6 Å². The van der Waals surface area contributed by atoms with E-state index >= 15 is 0 Å². The molecule has 6 nitrogen and oxygen atoms in total. The molecular weight excluding hydrogens is 396 g/mol. The third-order valence-electron chi connectivity index (χ3n) is 6.11. The normalized spacial score (nSPS) is 28.1. The van der Waals surface area contributed by atoms with Gasteiger partial charge in [0.25, 0.3) is 0 Å². The Hall–Kier alpha value is -1.57. The van der Waals surface area contributed by atoms with E-state index in [2.05, 4.69) is 72.3 Å². The molecule has 168 valence electrons. The molecule has 0 unspecified atom stereocenters. The third-order valence-corrected chi connectivity index (χ3v) is 7.05. The van der Waals surface area contributed by atoms with Crippen molar-refractivity contribution in [3.8, 4) is 0 Å². The molecule has 30 heavy (non-hydrogen) atoms. The van der Waals surface area contributed by atoms with Crippen molar-refractivity contribution in [1.29, 1.82) is 0 Å². The highest BCUT2D eigenvalue weighted by atomic mass is 32.2. The molecule has 3 aliphatic rings. The van der Waals surface area contributed by atoms with Gasteiger partial charge < -0.3 is 19.9 Å². The van der Waals surface area contributed by atoms with Crippen LogP contribution in [0.15, 0.2) is 30.3 Å². The molecule has 1 spiro atoms. The van der Waals surface area contributed by atoms with Crippen LogP contribution in [0.2, 0.25) is 0 Å². The molecule has 0 atom stereocenters. The van der Waals surface area contributed by atoms with E-state index < -0.39 is 0 Å². The van der Waals surface area contributed by atoms with Crippen molar-refractivity contribution in [2.24, 2.45) is 0 Å². The number of urea groups is 1. The van der Waals surface area contributed by atoms with Crippen molar-refractivity contribution in [3.63, 3.8) is 0 Å². The Morgan fingerprint density at radius 1 is 1.13 bits per heavy atom. The zero-order chi connectivity index (χ0) is 22.2. The van der Waals surface area contributed by atoms with Crippen LogP contribution in [0, 0.1) is 0 Å². The molecule has 2 amide bonds. The molecule has 1 aliphatic carbocycles. The molecule has 4 rings (SSSR count). The van der Waals surface area contributed by atoms with E-state index in [0.29, 0.717) is 6.54 Å². The largest absolute Gasteiger partial charge is 0.331 e. The fourth-order valence-corrected chi connectivity index (χ4v) is 5.56. The molecule has 1 aromatic rings. The first-order valence-corrected chi connectivity index (χ1v) is 12.1. The van der Waals surface area contributed by atoms with E-state index in [-0.39, 0.29) is 23.7 Å². The van der Waals surface area contributed by atoms with Crippen LogP contribution in [0.1, 0.15) is 32.3 Å². The Morgan fingerprint density at radius 3 is 2.20 bits per heavy atom. The van der Waals surface area contributed by atoms with E-state index in [4.69, 9.17) is 0 Å². The van der Waals surface area contributed by atoms with Gasteiger partial charge in [-0.15, -0.1) is 0 Å². The number of aldehydes is 1. The number of carbonyl (C=O) groups is 2. The van der Waals surface area contributed by atoms with E-state index in [0.717, 1.165) is 19.1 Å². The standard InChI is InChI=1S/C16H21N3O2.C5H11NS.C2H6/c1-18(2)16(13-6-4-3-5-7-13)10-15(11-16)12-19(8-9-20)14(21)17-15;1-6-2-4-7-5-3-6;1-2/h3-7,9H,8,10-12H2,1-2H3,(H,17,21);2-5H2,1H3;1-2H3. The summed E-state index contributed by atoms with van der Waals surface area (Å²) in [7, 11) is 6.35. The minimum absolute atomic E-state index is 0.0360. The average Bonchev–Trinajstić information content (AvgIpc) is 3.06. The number of nitrogens with one attached hydrogen (secondary N) is 1. The van der Waals surface area contributed by atoms with Crippen molar-refractivity contribution in [2.45, 2.75) is 37.8 Å². The number of amides is 2. The molecule has 2 saturated heterocycles. The Balaban J connectivity index is 0.000000299. The lowest BCUT2D eigenvalue weighted by Crippen LogP contribution is -2.66. The molecule has 0 radical (unpaired) electrons. The minimum Gasteiger partial charge on any atom is -0.331 e. The second-order valence-electron chi connectivity index (χ2n) is 8.32. The van der Waals surface area contributed by atoms with Crippen LogP contribution in [0.3, 0.4) is 0 Å². The van der Waals surface area contributed by atoms with Gasteiger partial charge in [-0.2, -0.15) is 11.8 Å². The summed E-state index contributed by atoms with van der Waals surface area (Å²) in [6.07, 6.45) is 2.53. The molecule has 7 heteroatoms. The second kappa shape index (κ2) is 11.2. The van der Waals surface area contributed by atoms with E-state index in [1.165, 1.54) is 30.2 Å². The SMILES string of the molecule is CC.CN(C)C1(c2ccccc2)CC2(CN(CC=O)C(=O)N2)C1.CN1CCSCC1. The fourth-order valence-electron chi connectivity index (χ4n) is 4.47. The Bertz CT molecular complexity index is 671. The topological polar surface area (TPSA) is 55.9 Å². The van der Waals surface area contributed by atoms with Crippen molar-refractivity contribution in [3.05, 3.63) is 35.9 Å². The van der Waals surface area contributed by atoms with E-state index in [9.17, 15) is 9.59 Å². The molecule has 3 fully saturated rings. The van der Waals surface area contributed by atoms with Gasteiger partial charge in [-0.3, -0.25) is 4.90 Å². The lowest BCUT2D eigenvalue weighted by molar-refractivity contribution is -0.108. The fraction of sp³-hybridized carbons (Fsp3) is 0.652. The summed E-state index contributed by atoms with van der Waals surface area (Å²) in [5.41, 5.74) is 1.05. The van der Waals surface area contributed by atoms with E-state index in [1.807, 2.05) is 19.9 Å². The van der Waals surface area contributed by atoms with Gasteiger partial charge in [0.15, 0.2) is 0 Å². The van der Waals surface area contributed by atoms with Crippen LogP contribution in [0.5, 0.6) is 0 Å². The first-order chi connectivity index (χ1) is 14.4. The predicted molar refractivity (Wildman–Crippen MR) is 126 cm³/mol. The lowest BCUT2D eigenvalue weighted by atomic mass is 9.59. The van der Waals surface area contributed by atoms with Gasteiger partial charge in [-0.25, -0.2) is 4.79 Å². The highest BCUT2D eigenvalue weighted by Gasteiger charge is 2.60. The van der Waals surface area contributed by atoms with Gasteiger partial charge in [-0.05, 0) is 39.5 Å². The van der Waals surface area contributed by atoms with E-state index in [1.54, 1.807) is 4.90 Å². The van der Waals surface area contributed by atoms with Gasteiger partial charge in [0, 0.05) is 31.1 Å². The number of carbonyl (C=O) groups excluding carboxylic acids is 2. The van der Waals surface area contributed by atoms with Crippen LogP contribution >= 0.6 is 11.8 Å². The van der Waals surface area contributed by atoms with Gasteiger partial charge >= 0.3 is 6.03 Å². The molecular formula is C23H38N4O2S. The van der Waals surface area contributed by atoms with Gasteiger partial charge in [0.1, 0.15) is 6.29 Å². The van der Waals surface area contributed by atoms with Crippen LogP contribution in [0.25, 0.3) is 0 Å². The summed E-state index contributed by atoms with van der Waals surface area (Å²) >= 11 is 2.06. The number of nitrogens with zero attached hydrogens (tertiary/aromatic N) is 3. The Labute approximate surface area is 186 Å². The third kappa shape index (κ3) is 5.56. The summed E-state index contributed by atoms with van der Waals surface area (Å²) in [6, 6.07) is 10.3. The quantitative estimate of drug-likeness (QED) is 0.739. The number of benzene rings is 1. The maximum atomic E-state index is 11.9. The van der Waals surface area contributed by atoms with Crippen molar-refractivity contribution in [2.75, 3.05) is 58.8 Å². The van der Waals surface area contributed by atoms with Crippen LogP contribution in [-0.2, 0) is 10.3 Å². The Kier molecular flexibility index (Phi) is 9.19. The number of hydrogen-bond acceptors (Lipinski definition) is 5. The summed E-state index contributed by atoms with van der Waals surface area (Å²) in [5.74, 6) is 2.66. The Morgan fingerprint density at radius 2 is 1.73 bits per heavy atom. The molecule has 0 aromatic heterocycles. The molecule has 1 N–H and O–H groups in total. The van der Waals surface area contributed by atoms with Crippen LogP contribution < -0.4 is 5.32 Å². The zero-order valence-corrected chi connectivity index (χ0v) is 20.0. The maximum Gasteiger partial charge on any atom is 0.318 e.